The van der Waals surface area contributed by atoms with Crippen LogP contribution in [0.15, 0.2) is 42.5 Å². The first-order valence-corrected chi connectivity index (χ1v) is 15.5. The molecule has 13 heteroatoms. The second kappa shape index (κ2) is 14.7. The molecule has 0 aliphatic carbocycles. The first-order valence-electron chi connectivity index (χ1n) is 14.0. The van der Waals surface area contributed by atoms with Crippen LogP contribution in [0.3, 0.4) is 0 Å². The van der Waals surface area contributed by atoms with E-state index in [2.05, 4.69) is 6.92 Å². The lowest BCUT2D eigenvalue weighted by molar-refractivity contribution is -0.284. The smallest absolute Gasteiger partial charge is 0.453 e. The first kappa shape index (κ1) is 34.6. The van der Waals surface area contributed by atoms with Crippen LogP contribution in [0.1, 0.15) is 68.9 Å². The van der Waals surface area contributed by atoms with Crippen LogP contribution < -0.4 is 4.74 Å². The SMILES string of the molecule is CC1(c2ccc(O)cc2)COc2cc(O)ccc2C1CCCCOC(CCCS(=O)CCCC(F)(F)C(F)(F)F)C(=O)O. The fourth-order valence-electron chi connectivity index (χ4n) is 5.29. The number of phenolic OH excluding ortho intramolecular Hbond substituents is 2. The molecule has 0 saturated heterocycles. The van der Waals surface area contributed by atoms with Gasteiger partial charge in [-0.05, 0) is 61.4 Å². The van der Waals surface area contributed by atoms with Gasteiger partial charge in [-0.3, -0.25) is 4.21 Å². The molecule has 3 rings (SSSR count). The first-order chi connectivity index (χ1) is 20.1. The van der Waals surface area contributed by atoms with Gasteiger partial charge < -0.3 is 24.8 Å². The Hall–Kier alpha value is -2.93. The highest BCUT2D eigenvalue weighted by atomic mass is 32.2. The highest BCUT2D eigenvalue weighted by Gasteiger charge is 2.56. The Kier molecular flexibility index (Phi) is 11.8. The van der Waals surface area contributed by atoms with Gasteiger partial charge in [-0.15, -0.1) is 0 Å². The summed E-state index contributed by atoms with van der Waals surface area (Å²) < 4.78 is 86.3. The summed E-state index contributed by atoms with van der Waals surface area (Å²) in [5.74, 6) is -5.58. The minimum absolute atomic E-state index is 0.0114. The van der Waals surface area contributed by atoms with Gasteiger partial charge in [0.05, 0.1) is 6.61 Å². The van der Waals surface area contributed by atoms with E-state index in [9.17, 15) is 46.3 Å². The number of carbonyl (C=O) groups is 1. The number of aromatic hydroxyl groups is 2. The van der Waals surface area contributed by atoms with E-state index < -0.39 is 53.2 Å². The van der Waals surface area contributed by atoms with E-state index in [1.807, 2.05) is 18.2 Å². The molecule has 0 bridgehead atoms. The van der Waals surface area contributed by atoms with Crippen LogP contribution in [0.5, 0.6) is 17.2 Å². The zero-order chi connectivity index (χ0) is 31.8. The summed E-state index contributed by atoms with van der Waals surface area (Å²) in [7, 11) is -1.66. The van der Waals surface area contributed by atoms with Crippen LogP contribution in [-0.4, -0.2) is 68.4 Å². The summed E-state index contributed by atoms with van der Waals surface area (Å²) >= 11 is 0. The number of alkyl halides is 5. The second-order valence-electron chi connectivity index (χ2n) is 11.0. The summed E-state index contributed by atoms with van der Waals surface area (Å²) in [4.78, 5) is 11.7. The molecule has 4 unspecified atom stereocenters. The Bertz CT molecular complexity index is 1240. The predicted octanol–water partition coefficient (Wildman–Crippen LogP) is 6.68. The lowest BCUT2D eigenvalue weighted by Gasteiger charge is -2.43. The molecular formula is C30H37F5O7S. The molecule has 2 aromatic carbocycles. The Morgan fingerprint density at radius 2 is 1.67 bits per heavy atom. The van der Waals surface area contributed by atoms with Gasteiger partial charge in [0.15, 0.2) is 6.10 Å². The van der Waals surface area contributed by atoms with Gasteiger partial charge in [0.25, 0.3) is 0 Å². The number of carboxylic acids is 1. The molecule has 4 atom stereocenters. The van der Waals surface area contributed by atoms with Crippen molar-refractivity contribution in [1.82, 2.24) is 0 Å². The molecule has 0 spiro atoms. The molecule has 2 aromatic rings. The minimum Gasteiger partial charge on any atom is -0.508 e. The van der Waals surface area contributed by atoms with Crippen LogP contribution in [0.2, 0.25) is 0 Å². The Balaban J connectivity index is 1.48. The fourth-order valence-corrected chi connectivity index (χ4v) is 6.45. The molecule has 1 aliphatic heterocycles. The number of unbranched alkanes of at least 4 members (excludes halogenated alkanes) is 1. The van der Waals surface area contributed by atoms with E-state index in [0.717, 1.165) is 11.1 Å². The molecule has 7 nitrogen and oxygen atoms in total. The molecule has 1 heterocycles. The third kappa shape index (κ3) is 9.28. The number of aliphatic carboxylic acids is 1. The lowest BCUT2D eigenvalue weighted by atomic mass is 9.66. The van der Waals surface area contributed by atoms with Crippen LogP contribution >= 0.6 is 0 Å². The number of fused-ring (bicyclic) bond motifs is 1. The van der Waals surface area contributed by atoms with Crippen molar-refractivity contribution < 1.29 is 55.7 Å². The van der Waals surface area contributed by atoms with Crippen LogP contribution in [-0.2, 0) is 25.7 Å². The van der Waals surface area contributed by atoms with Crippen LogP contribution in [0.25, 0.3) is 0 Å². The minimum atomic E-state index is -5.65. The summed E-state index contributed by atoms with van der Waals surface area (Å²) in [5, 5.41) is 29.2. The van der Waals surface area contributed by atoms with Crippen molar-refractivity contribution in [3.8, 4) is 17.2 Å². The number of halogens is 5. The van der Waals surface area contributed by atoms with Crippen molar-refractivity contribution in [2.75, 3.05) is 24.7 Å². The normalized spacial score (nSPS) is 20.2. The van der Waals surface area contributed by atoms with Gasteiger partial charge in [0, 0.05) is 52.7 Å². The molecule has 0 fully saturated rings. The average molecular weight is 637 g/mol. The maximum absolute atomic E-state index is 13.0. The van der Waals surface area contributed by atoms with Crippen molar-refractivity contribution in [1.29, 1.82) is 0 Å². The van der Waals surface area contributed by atoms with Crippen LogP contribution in [0.4, 0.5) is 22.0 Å². The summed E-state index contributed by atoms with van der Waals surface area (Å²) in [6.07, 6.45) is -6.73. The van der Waals surface area contributed by atoms with Gasteiger partial charge in [-0.2, -0.15) is 22.0 Å². The van der Waals surface area contributed by atoms with E-state index in [0.29, 0.717) is 31.6 Å². The van der Waals surface area contributed by atoms with Gasteiger partial charge in [0.1, 0.15) is 17.2 Å². The molecular weight excluding hydrogens is 599 g/mol. The molecule has 3 N–H and O–H groups in total. The van der Waals surface area contributed by atoms with E-state index >= 15 is 0 Å². The second-order valence-corrected chi connectivity index (χ2v) is 12.7. The zero-order valence-corrected chi connectivity index (χ0v) is 24.6. The summed E-state index contributed by atoms with van der Waals surface area (Å²) in [6.45, 7) is 2.57. The molecule has 0 amide bonds. The van der Waals surface area contributed by atoms with E-state index in [1.165, 1.54) is 0 Å². The molecule has 0 aromatic heterocycles. The van der Waals surface area contributed by atoms with Gasteiger partial charge >= 0.3 is 18.1 Å². The zero-order valence-electron chi connectivity index (χ0n) is 23.7. The van der Waals surface area contributed by atoms with Crippen molar-refractivity contribution >= 4 is 16.8 Å². The van der Waals surface area contributed by atoms with E-state index in [-0.39, 0.29) is 48.4 Å². The standard InChI is InChI=1S/C30H37F5O7S/c1-28(20-8-10-21(36)11-9-20)19-42-26-18-22(37)12-13-23(26)24(28)6-2-3-15-41-25(27(38)39)7-4-16-43(40)17-5-14-29(31,32)30(33,34)35/h8-13,18,24-25,36-37H,2-7,14-17,19H2,1H3,(H,38,39). The highest BCUT2D eigenvalue weighted by molar-refractivity contribution is 7.84. The van der Waals surface area contributed by atoms with Crippen molar-refractivity contribution in [3.63, 3.8) is 0 Å². The number of hydrogen-bond acceptors (Lipinski definition) is 6. The fraction of sp³-hybridized carbons (Fsp3) is 0.567. The van der Waals surface area contributed by atoms with Gasteiger partial charge in [0.2, 0.25) is 0 Å². The average Bonchev–Trinajstić information content (AvgIpc) is 2.92. The number of benzene rings is 2. The van der Waals surface area contributed by atoms with Gasteiger partial charge in [-0.1, -0.05) is 31.5 Å². The van der Waals surface area contributed by atoms with Crippen molar-refractivity contribution in [3.05, 3.63) is 53.6 Å². The molecule has 0 saturated carbocycles. The monoisotopic (exact) mass is 636 g/mol. The molecule has 1 aliphatic rings. The Morgan fingerprint density at radius 1 is 1.02 bits per heavy atom. The number of ether oxygens (including phenoxy) is 2. The number of rotatable bonds is 16. The van der Waals surface area contributed by atoms with Crippen LogP contribution in [0, 0.1) is 0 Å². The maximum Gasteiger partial charge on any atom is 0.453 e. The summed E-state index contributed by atoms with van der Waals surface area (Å²) in [5.41, 5.74) is 1.46. The number of carboxylic acid groups (broad SMARTS) is 1. The summed E-state index contributed by atoms with van der Waals surface area (Å²) in [6, 6.07) is 11.9. The predicted molar refractivity (Wildman–Crippen MR) is 150 cm³/mol. The Labute approximate surface area is 249 Å². The van der Waals surface area contributed by atoms with Gasteiger partial charge in [-0.25, -0.2) is 4.79 Å². The lowest BCUT2D eigenvalue weighted by Crippen LogP contribution is -2.40. The van der Waals surface area contributed by atoms with E-state index in [1.54, 1.807) is 24.3 Å². The third-order valence-electron chi connectivity index (χ3n) is 7.79. The molecule has 240 valence electrons. The van der Waals surface area contributed by atoms with E-state index in [4.69, 9.17) is 9.47 Å². The maximum atomic E-state index is 13.0. The number of hydrogen-bond donors (Lipinski definition) is 3. The molecule has 0 radical (unpaired) electrons. The van der Waals surface area contributed by atoms with Crippen molar-refractivity contribution in [2.45, 2.75) is 81.4 Å². The largest absolute Gasteiger partial charge is 0.508 e. The highest BCUT2D eigenvalue weighted by Crippen LogP contribution is 2.49. The Morgan fingerprint density at radius 3 is 2.33 bits per heavy atom. The third-order valence-corrected chi connectivity index (χ3v) is 9.28. The molecule has 43 heavy (non-hydrogen) atoms. The quantitative estimate of drug-likeness (QED) is 0.139. The van der Waals surface area contributed by atoms with Crippen molar-refractivity contribution in [2.24, 2.45) is 0 Å². The topological polar surface area (TPSA) is 113 Å². The number of phenols is 2.